The molecule has 1 N–H and O–H groups in total. The van der Waals surface area contributed by atoms with Crippen molar-refractivity contribution in [3.63, 3.8) is 0 Å². The molecule has 0 saturated carbocycles. The molecule has 0 aliphatic carbocycles. The van der Waals surface area contributed by atoms with E-state index in [1.807, 2.05) is 30.9 Å². The first-order valence-electron chi connectivity index (χ1n) is 6.45. The first kappa shape index (κ1) is 15.9. The molecule has 0 spiro atoms. The molecule has 1 heterocycles. The lowest BCUT2D eigenvalue weighted by Gasteiger charge is -2.26. The summed E-state index contributed by atoms with van der Waals surface area (Å²) in [6.07, 6.45) is 1.91. The molecule has 0 amide bonds. The average Bonchev–Trinajstić information content (AvgIpc) is 2.56. The van der Waals surface area contributed by atoms with Crippen molar-refractivity contribution in [2.45, 2.75) is 27.3 Å². The molecule has 1 aromatic rings. The van der Waals surface area contributed by atoms with E-state index in [0.717, 1.165) is 29.8 Å². The predicted molar refractivity (Wildman–Crippen MR) is 82.7 cm³/mol. The van der Waals surface area contributed by atoms with Crippen LogP contribution in [0.15, 0.2) is 17.3 Å². The van der Waals surface area contributed by atoms with Gasteiger partial charge in [0.25, 0.3) is 0 Å². The zero-order valence-corrected chi connectivity index (χ0v) is 13.5. The van der Waals surface area contributed by atoms with Crippen molar-refractivity contribution >= 4 is 17.6 Å². The number of aryl methyl sites for hydroxylation is 1. The van der Waals surface area contributed by atoms with Gasteiger partial charge in [-0.25, -0.2) is 0 Å². The Balaban J connectivity index is 2.65. The van der Waals surface area contributed by atoms with Crippen LogP contribution in [0.4, 0.5) is 0 Å². The van der Waals surface area contributed by atoms with Crippen molar-refractivity contribution in [2.75, 3.05) is 20.6 Å². The van der Waals surface area contributed by atoms with Crippen LogP contribution in [-0.2, 0) is 13.6 Å². The molecule has 0 bridgehead atoms. The number of aromatic nitrogens is 1. The molecular formula is C14H25ClN4. The molecule has 0 fully saturated rings. The van der Waals surface area contributed by atoms with Crippen molar-refractivity contribution in [3.8, 4) is 0 Å². The zero-order chi connectivity index (χ0) is 14.6. The van der Waals surface area contributed by atoms with E-state index < -0.39 is 0 Å². The van der Waals surface area contributed by atoms with Gasteiger partial charge in [0.2, 0.25) is 0 Å². The van der Waals surface area contributed by atoms with Gasteiger partial charge in [0.1, 0.15) is 0 Å². The largest absolute Gasteiger partial charge is 0.356 e. The van der Waals surface area contributed by atoms with Crippen molar-refractivity contribution in [3.05, 3.63) is 23.0 Å². The van der Waals surface area contributed by atoms with Crippen LogP contribution in [0.25, 0.3) is 0 Å². The van der Waals surface area contributed by atoms with E-state index in [4.69, 9.17) is 11.6 Å². The Morgan fingerprint density at radius 1 is 1.47 bits per heavy atom. The summed E-state index contributed by atoms with van der Waals surface area (Å²) in [5.74, 6) is 0.896. The third-order valence-corrected chi connectivity index (χ3v) is 3.03. The normalized spacial score (nSPS) is 12.7. The van der Waals surface area contributed by atoms with Gasteiger partial charge in [-0.15, -0.1) is 0 Å². The van der Waals surface area contributed by atoms with Gasteiger partial charge < -0.3 is 14.8 Å². The summed E-state index contributed by atoms with van der Waals surface area (Å²) in [4.78, 5) is 6.41. The molecular weight excluding hydrogens is 260 g/mol. The van der Waals surface area contributed by atoms with Gasteiger partial charge in [-0.05, 0) is 11.5 Å². The Morgan fingerprint density at radius 2 is 2.11 bits per heavy atom. The van der Waals surface area contributed by atoms with Gasteiger partial charge >= 0.3 is 0 Å². The number of hydrogen-bond donors (Lipinski definition) is 1. The molecule has 0 aliphatic heterocycles. The minimum Gasteiger partial charge on any atom is -0.356 e. The van der Waals surface area contributed by atoms with Gasteiger partial charge in [-0.1, -0.05) is 32.4 Å². The molecule has 4 nitrogen and oxygen atoms in total. The highest BCUT2D eigenvalue weighted by atomic mass is 35.5. The molecule has 0 saturated heterocycles. The first-order valence-corrected chi connectivity index (χ1v) is 6.83. The van der Waals surface area contributed by atoms with Crippen molar-refractivity contribution in [1.82, 2.24) is 14.8 Å². The molecule has 1 rings (SSSR count). The first-order chi connectivity index (χ1) is 8.73. The Bertz CT molecular complexity index is 443. The summed E-state index contributed by atoms with van der Waals surface area (Å²) >= 11 is 6.00. The molecule has 0 unspecified atom stereocenters. The SMILES string of the molecule is CN=C(NCC(C)(C)C)N(C)Cc1cc(Cl)cn1C. The summed E-state index contributed by atoms with van der Waals surface area (Å²) in [7, 11) is 5.83. The summed E-state index contributed by atoms with van der Waals surface area (Å²) < 4.78 is 2.04. The molecule has 108 valence electrons. The van der Waals surface area contributed by atoms with E-state index in [0.29, 0.717) is 0 Å². The van der Waals surface area contributed by atoms with Crippen LogP contribution in [0.5, 0.6) is 0 Å². The third-order valence-electron chi connectivity index (χ3n) is 2.82. The van der Waals surface area contributed by atoms with Crippen LogP contribution in [0.2, 0.25) is 5.02 Å². The molecule has 5 heteroatoms. The summed E-state index contributed by atoms with van der Waals surface area (Å²) in [6, 6.07) is 1.98. The second-order valence-electron chi connectivity index (χ2n) is 6.08. The van der Waals surface area contributed by atoms with Crippen LogP contribution >= 0.6 is 11.6 Å². The smallest absolute Gasteiger partial charge is 0.193 e. The van der Waals surface area contributed by atoms with Gasteiger partial charge in [-0.3, -0.25) is 4.99 Å². The second-order valence-corrected chi connectivity index (χ2v) is 6.51. The van der Waals surface area contributed by atoms with Crippen LogP contribution < -0.4 is 5.32 Å². The van der Waals surface area contributed by atoms with Crippen LogP contribution in [0.3, 0.4) is 0 Å². The minimum absolute atomic E-state index is 0.227. The predicted octanol–water partition coefficient (Wildman–Crippen LogP) is 2.73. The molecule has 0 aromatic carbocycles. The quantitative estimate of drug-likeness (QED) is 0.684. The van der Waals surface area contributed by atoms with Crippen molar-refractivity contribution in [2.24, 2.45) is 17.5 Å². The second kappa shape index (κ2) is 6.33. The molecule has 0 atom stereocenters. The van der Waals surface area contributed by atoms with E-state index >= 15 is 0 Å². The average molecular weight is 285 g/mol. The van der Waals surface area contributed by atoms with E-state index in [-0.39, 0.29) is 5.41 Å². The number of guanidine groups is 1. The van der Waals surface area contributed by atoms with Crippen molar-refractivity contribution in [1.29, 1.82) is 0 Å². The number of rotatable bonds is 3. The fourth-order valence-electron chi connectivity index (χ4n) is 1.77. The Labute approximate surface area is 121 Å². The Morgan fingerprint density at radius 3 is 2.53 bits per heavy atom. The van der Waals surface area contributed by atoms with Gasteiger partial charge in [0, 0.05) is 39.6 Å². The number of nitrogens with one attached hydrogen (secondary N) is 1. The lowest BCUT2D eigenvalue weighted by atomic mass is 9.97. The Kier molecular flexibility index (Phi) is 5.29. The summed E-state index contributed by atoms with van der Waals surface area (Å²) in [6.45, 7) is 8.25. The highest BCUT2D eigenvalue weighted by Gasteiger charge is 2.14. The van der Waals surface area contributed by atoms with Gasteiger partial charge in [0.15, 0.2) is 5.96 Å². The highest BCUT2D eigenvalue weighted by Crippen LogP contribution is 2.14. The fourth-order valence-corrected chi connectivity index (χ4v) is 2.04. The third kappa shape index (κ3) is 5.15. The number of nitrogens with zero attached hydrogens (tertiary/aromatic N) is 3. The maximum absolute atomic E-state index is 6.00. The zero-order valence-electron chi connectivity index (χ0n) is 12.8. The van der Waals surface area contributed by atoms with Crippen LogP contribution in [0.1, 0.15) is 26.5 Å². The van der Waals surface area contributed by atoms with Gasteiger partial charge in [-0.2, -0.15) is 0 Å². The Hall–Kier alpha value is -1.16. The summed E-state index contributed by atoms with van der Waals surface area (Å²) in [5.41, 5.74) is 1.39. The monoisotopic (exact) mass is 284 g/mol. The van der Waals surface area contributed by atoms with E-state index in [1.54, 1.807) is 7.05 Å². The van der Waals surface area contributed by atoms with Crippen LogP contribution in [-0.4, -0.2) is 36.1 Å². The van der Waals surface area contributed by atoms with Gasteiger partial charge in [0.05, 0.1) is 11.6 Å². The topological polar surface area (TPSA) is 32.6 Å². The number of hydrogen-bond acceptors (Lipinski definition) is 1. The number of aliphatic imine (C=N–C) groups is 1. The standard InChI is InChI=1S/C14H25ClN4/c1-14(2,3)10-17-13(16-4)19(6)9-12-7-11(15)8-18(12)5/h7-8H,9-10H2,1-6H3,(H,16,17). The molecule has 19 heavy (non-hydrogen) atoms. The fraction of sp³-hybridized carbons (Fsp3) is 0.643. The van der Waals surface area contributed by atoms with Crippen molar-refractivity contribution < 1.29 is 0 Å². The van der Waals surface area contributed by atoms with E-state index in [2.05, 4.69) is 36.0 Å². The maximum Gasteiger partial charge on any atom is 0.193 e. The number of halogens is 1. The minimum atomic E-state index is 0.227. The molecule has 1 aromatic heterocycles. The molecule has 0 aliphatic rings. The highest BCUT2D eigenvalue weighted by molar-refractivity contribution is 6.30. The maximum atomic E-state index is 6.00. The van der Waals surface area contributed by atoms with E-state index in [1.165, 1.54) is 0 Å². The lowest BCUT2D eigenvalue weighted by Crippen LogP contribution is -2.42. The van der Waals surface area contributed by atoms with Crippen LogP contribution in [0, 0.1) is 5.41 Å². The summed E-state index contributed by atoms with van der Waals surface area (Å²) in [5, 5.41) is 4.16. The van der Waals surface area contributed by atoms with E-state index in [9.17, 15) is 0 Å². The molecule has 0 radical (unpaired) electrons. The lowest BCUT2D eigenvalue weighted by molar-refractivity contribution is 0.387.